The molecule has 1 atom stereocenters. The van der Waals surface area contributed by atoms with E-state index in [0.29, 0.717) is 24.4 Å². The lowest BCUT2D eigenvalue weighted by Gasteiger charge is -2.10. The number of carboxylic acid groups (broad SMARTS) is 1. The average molecular weight is 511 g/mol. The number of hydrogen-bond acceptors (Lipinski definition) is 9. The molecule has 0 saturated carbocycles. The van der Waals surface area contributed by atoms with Crippen molar-refractivity contribution in [2.45, 2.75) is 19.0 Å². The van der Waals surface area contributed by atoms with Crippen molar-refractivity contribution in [2.75, 3.05) is 18.9 Å². The average Bonchev–Trinajstić information content (AvgIpc) is 3.55. The molecule has 1 saturated heterocycles. The first-order valence-electron chi connectivity index (χ1n) is 11.0. The first-order chi connectivity index (χ1) is 17.4. The van der Waals surface area contributed by atoms with E-state index in [1.807, 2.05) is 0 Å². The van der Waals surface area contributed by atoms with Crippen LogP contribution in [-0.4, -0.2) is 50.5 Å². The highest BCUT2D eigenvalue weighted by Crippen LogP contribution is 2.30. The van der Waals surface area contributed by atoms with Gasteiger partial charge in [0.25, 0.3) is 11.8 Å². The number of nitrogen functional groups attached to an aromatic ring is 1. The number of benzene rings is 2. The summed E-state index contributed by atoms with van der Waals surface area (Å²) in [7, 11) is 0. The van der Waals surface area contributed by atoms with Crippen LogP contribution in [0.2, 0.25) is 5.02 Å². The number of ether oxygens (including phenoxy) is 1. The van der Waals surface area contributed by atoms with Crippen LogP contribution >= 0.6 is 11.6 Å². The van der Waals surface area contributed by atoms with Crippen molar-refractivity contribution in [1.29, 1.82) is 0 Å². The van der Waals surface area contributed by atoms with Crippen LogP contribution in [0.4, 0.5) is 10.2 Å². The molecule has 12 heteroatoms. The van der Waals surface area contributed by atoms with E-state index in [4.69, 9.17) is 31.6 Å². The highest BCUT2D eigenvalue weighted by Gasteiger charge is 2.20. The summed E-state index contributed by atoms with van der Waals surface area (Å²) in [5.41, 5.74) is 7.83. The van der Waals surface area contributed by atoms with Crippen LogP contribution < -0.4 is 11.1 Å². The number of hydrogen-bond donors (Lipinski definition) is 3. The molecule has 3 heterocycles. The van der Waals surface area contributed by atoms with Gasteiger partial charge < -0.3 is 25.3 Å². The van der Waals surface area contributed by atoms with Crippen molar-refractivity contribution >= 4 is 23.4 Å². The zero-order chi connectivity index (χ0) is 25.2. The molecular formula is C24H20ClFN6O4. The van der Waals surface area contributed by atoms with Crippen molar-refractivity contribution in [1.82, 2.24) is 25.5 Å². The van der Waals surface area contributed by atoms with Crippen LogP contribution in [0.1, 0.15) is 22.3 Å². The van der Waals surface area contributed by atoms with Gasteiger partial charge in [-0.1, -0.05) is 23.7 Å². The second-order valence-corrected chi connectivity index (χ2v) is 8.56. The van der Waals surface area contributed by atoms with Crippen LogP contribution in [0, 0.1) is 5.82 Å². The summed E-state index contributed by atoms with van der Waals surface area (Å²) in [6.07, 6.45) is 2.34. The van der Waals surface area contributed by atoms with Gasteiger partial charge in [-0.3, -0.25) is 0 Å². The summed E-state index contributed by atoms with van der Waals surface area (Å²) in [4.78, 5) is 19.8. The highest BCUT2D eigenvalue weighted by molar-refractivity contribution is 6.33. The fraction of sp³-hybridized carbons (Fsp3) is 0.208. The Morgan fingerprint density at radius 1 is 1.22 bits per heavy atom. The van der Waals surface area contributed by atoms with Crippen molar-refractivity contribution in [3.63, 3.8) is 0 Å². The maximum atomic E-state index is 14.9. The molecule has 184 valence electrons. The van der Waals surface area contributed by atoms with Gasteiger partial charge in [0.15, 0.2) is 11.5 Å². The molecule has 1 fully saturated rings. The fourth-order valence-corrected chi connectivity index (χ4v) is 4.03. The number of halogens is 2. The predicted molar refractivity (Wildman–Crippen MR) is 129 cm³/mol. The van der Waals surface area contributed by atoms with Crippen LogP contribution in [0.3, 0.4) is 0 Å². The van der Waals surface area contributed by atoms with E-state index in [0.717, 1.165) is 18.6 Å². The van der Waals surface area contributed by atoms with E-state index in [-0.39, 0.29) is 45.5 Å². The van der Waals surface area contributed by atoms with Gasteiger partial charge >= 0.3 is 5.97 Å². The van der Waals surface area contributed by atoms with Crippen molar-refractivity contribution in [2.24, 2.45) is 0 Å². The third kappa shape index (κ3) is 4.89. The van der Waals surface area contributed by atoms with E-state index < -0.39 is 11.8 Å². The Bertz CT molecular complexity index is 1440. The van der Waals surface area contributed by atoms with Crippen molar-refractivity contribution < 1.29 is 23.4 Å². The number of nitrogens with zero attached hydrogens (tertiary/aromatic N) is 4. The molecule has 5 rings (SSSR count). The molecule has 36 heavy (non-hydrogen) atoms. The first-order valence-corrected chi connectivity index (χ1v) is 11.4. The number of rotatable bonds is 7. The van der Waals surface area contributed by atoms with Gasteiger partial charge in [0.1, 0.15) is 5.82 Å². The summed E-state index contributed by atoms with van der Waals surface area (Å²) in [5.74, 6) is -1.70. The topological polar surface area (TPSA) is 149 Å². The maximum absolute atomic E-state index is 14.9. The minimum absolute atomic E-state index is 0.0278. The molecule has 2 aromatic heterocycles. The minimum Gasteiger partial charge on any atom is -0.478 e. The van der Waals surface area contributed by atoms with Gasteiger partial charge in [-0.25, -0.2) is 19.2 Å². The van der Waals surface area contributed by atoms with Gasteiger partial charge in [-0.05, 0) is 36.2 Å². The molecular weight excluding hydrogens is 491 g/mol. The number of anilines is 1. The molecule has 0 bridgehead atoms. The van der Waals surface area contributed by atoms with Gasteiger partial charge in [0, 0.05) is 24.8 Å². The second kappa shape index (κ2) is 9.97. The molecule has 1 aliphatic heterocycles. The summed E-state index contributed by atoms with van der Waals surface area (Å²) >= 11 is 6.07. The Morgan fingerprint density at radius 3 is 2.78 bits per heavy atom. The zero-order valence-corrected chi connectivity index (χ0v) is 19.5. The van der Waals surface area contributed by atoms with E-state index in [1.165, 1.54) is 24.4 Å². The van der Waals surface area contributed by atoms with Crippen molar-refractivity contribution in [3.05, 3.63) is 64.6 Å². The van der Waals surface area contributed by atoms with Crippen LogP contribution in [0.25, 0.3) is 34.3 Å². The Kier molecular flexibility index (Phi) is 6.59. The molecule has 0 aliphatic carbocycles. The molecule has 0 unspecified atom stereocenters. The Balaban J connectivity index is 1.38. The number of aromatic carboxylic acids is 1. The van der Waals surface area contributed by atoms with E-state index in [2.05, 4.69) is 25.5 Å². The monoisotopic (exact) mass is 510 g/mol. The maximum Gasteiger partial charge on any atom is 0.337 e. The lowest BCUT2D eigenvalue weighted by atomic mass is 10.1. The summed E-state index contributed by atoms with van der Waals surface area (Å²) in [6, 6.07) is 9.41. The number of nitrogens with one attached hydrogen (secondary N) is 1. The van der Waals surface area contributed by atoms with Crippen LogP contribution in [0.15, 0.2) is 47.0 Å². The lowest BCUT2D eigenvalue weighted by Crippen LogP contribution is -2.28. The predicted octanol–water partition coefficient (Wildman–Crippen LogP) is 3.81. The molecule has 2 aromatic carbocycles. The van der Waals surface area contributed by atoms with Gasteiger partial charge in [-0.2, -0.15) is 0 Å². The number of aromatic nitrogens is 4. The lowest BCUT2D eigenvalue weighted by molar-refractivity contribution is 0.0697. The molecule has 0 radical (unpaired) electrons. The standard InChI is InChI=1S/C24H20ClFN6O4/c25-17-8-13(2-4-15(17)24(33)34)19-10-29-21(27)20(30-19)23-32-31-22(36-23)16-3-1-12(7-18(16)26)9-28-14-5-6-35-11-14/h1-4,7-8,10,14,28H,5-6,9,11H2,(H2,27,29)(H,33,34)/t14-/m1/s1. The summed E-state index contributed by atoms with van der Waals surface area (Å²) in [5, 5.41) is 20.5. The second-order valence-electron chi connectivity index (χ2n) is 8.16. The van der Waals surface area contributed by atoms with Gasteiger partial charge in [0.2, 0.25) is 0 Å². The normalized spacial score (nSPS) is 15.3. The van der Waals surface area contributed by atoms with Gasteiger partial charge in [-0.15, -0.1) is 10.2 Å². The number of nitrogens with two attached hydrogens (primary N) is 1. The van der Waals surface area contributed by atoms with Crippen LogP contribution in [-0.2, 0) is 11.3 Å². The first kappa shape index (κ1) is 23.8. The molecule has 4 aromatic rings. The molecule has 4 N–H and O–H groups in total. The third-order valence-electron chi connectivity index (χ3n) is 5.71. The Hall–Kier alpha value is -3.93. The fourth-order valence-electron chi connectivity index (χ4n) is 3.77. The molecule has 0 amide bonds. The van der Waals surface area contributed by atoms with E-state index in [1.54, 1.807) is 18.2 Å². The van der Waals surface area contributed by atoms with Crippen LogP contribution in [0.5, 0.6) is 0 Å². The SMILES string of the molecule is Nc1ncc(-c2ccc(C(=O)O)c(Cl)c2)nc1-c1nnc(-c2ccc(CN[C@@H]3CCOC3)cc2F)o1. The number of carboxylic acids is 1. The quantitative estimate of drug-likeness (QED) is 0.335. The zero-order valence-electron chi connectivity index (χ0n) is 18.7. The minimum atomic E-state index is -1.14. The third-order valence-corrected chi connectivity index (χ3v) is 6.02. The highest BCUT2D eigenvalue weighted by atomic mass is 35.5. The Morgan fingerprint density at radius 2 is 2.06 bits per heavy atom. The van der Waals surface area contributed by atoms with Gasteiger partial charge in [0.05, 0.1) is 34.6 Å². The molecule has 0 spiro atoms. The molecule has 10 nitrogen and oxygen atoms in total. The largest absolute Gasteiger partial charge is 0.478 e. The number of carbonyl (C=O) groups is 1. The summed E-state index contributed by atoms with van der Waals surface area (Å²) < 4.78 is 25.9. The smallest absolute Gasteiger partial charge is 0.337 e. The van der Waals surface area contributed by atoms with E-state index >= 15 is 0 Å². The molecule has 1 aliphatic rings. The Labute approximate surface area is 209 Å². The summed E-state index contributed by atoms with van der Waals surface area (Å²) in [6.45, 7) is 1.89. The van der Waals surface area contributed by atoms with E-state index in [9.17, 15) is 9.18 Å². The van der Waals surface area contributed by atoms with Crippen molar-refractivity contribution in [3.8, 4) is 34.3 Å².